The molecule has 108 valence electrons. The molecule has 7 nitrogen and oxygen atoms in total. The Morgan fingerprint density at radius 1 is 1.43 bits per heavy atom. The van der Waals surface area contributed by atoms with E-state index in [-0.39, 0.29) is 18.2 Å². The van der Waals surface area contributed by atoms with E-state index in [0.717, 1.165) is 0 Å². The van der Waals surface area contributed by atoms with Crippen molar-refractivity contribution in [3.05, 3.63) is 30.3 Å². The summed E-state index contributed by atoms with van der Waals surface area (Å²) in [5.41, 5.74) is 0.699. The van der Waals surface area contributed by atoms with E-state index in [0.29, 0.717) is 16.8 Å². The van der Waals surface area contributed by atoms with Crippen LogP contribution in [0.3, 0.4) is 0 Å². The fourth-order valence-electron chi connectivity index (χ4n) is 2.09. The maximum Gasteiger partial charge on any atom is 0.252 e. The number of carbonyl (C=O) groups excluding carboxylic acids is 2. The molecule has 1 aliphatic heterocycles. The van der Waals surface area contributed by atoms with Crippen molar-refractivity contribution in [2.45, 2.75) is 17.6 Å². The predicted octanol–water partition coefficient (Wildman–Crippen LogP) is 1.52. The summed E-state index contributed by atoms with van der Waals surface area (Å²) in [6.07, 6.45) is 1.87. The number of carbonyl (C=O) groups is 2. The van der Waals surface area contributed by atoms with Gasteiger partial charge in [0.05, 0.1) is 6.42 Å². The Morgan fingerprint density at radius 3 is 2.90 bits per heavy atom. The second kappa shape index (κ2) is 5.57. The smallest absolute Gasteiger partial charge is 0.252 e. The van der Waals surface area contributed by atoms with Crippen LogP contribution in [-0.2, 0) is 9.59 Å². The van der Waals surface area contributed by atoms with Crippen LogP contribution in [-0.4, -0.2) is 32.8 Å². The van der Waals surface area contributed by atoms with Gasteiger partial charge in [-0.25, -0.2) is 4.68 Å². The SMILES string of the molecule is CSc1nc2n(n1)C(CC(=O)Nc1ccccc1)C(=O)N2. The molecule has 0 radical (unpaired) electrons. The van der Waals surface area contributed by atoms with Gasteiger partial charge in [-0.05, 0) is 18.4 Å². The van der Waals surface area contributed by atoms with Crippen molar-refractivity contribution in [2.75, 3.05) is 16.9 Å². The molecule has 3 rings (SSSR count). The lowest BCUT2D eigenvalue weighted by atomic mass is 10.2. The van der Waals surface area contributed by atoms with E-state index in [1.807, 2.05) is 24.5 Å². The Balaban J connectivity index is 1.71. The number of rotatable bonds is 4. The number of thioether (sulfide) groups is 1. The summed E-state index contributed by atoms with van der Waals surface area (Å²) in [5.74, 6) is -0.113. The monoisotopic (exact) mass is 303 g/mol. The number of nitrogens with zero attached hydrogens (tertiary/aromatic N) is 3. The molecule has 1 aromatic carbocycles. The van der Waals surface area contributed by atoms with Gasteiger partial charge in [-0.15, -0.1) is 5.10 Å². The second-order valence-electron chi connectivity index (χ2n) is 4.49. The Bertz CT molecular complexity index is 685. The van der Waals surface area contributed by atoms with E-state index in [1.165, 1.54) is 16.4 Å². The molecule has 1 aliphatic rings. The molecule has 2 N–H and O–H groups in total. The number of fused-ring (bicyclic) bond motifs is 1. The van der Waals surface area contributed by atoms with Gasteiger partial charge in [0.15, 0.2) is 0 Å². The molecule has 1 unspecified atom stereocenters. The average molecular weight is 303 g/mol. The maximum atomic E-state index is 12.0. The van der Waals surface area contributed by atoms with Crippen LogP contribution in [0.25, 0.3) is 0 Å². The normalized spacial score (nSPS) is 16.4. The first-order valence-corrected chi connectivity index (χ1v) is 7.56. The molecular formula is C13H13N5O2S. The number of hydrogen-bond donors (Lipinski definition) is 2. The second-order valence-corrected chi connectivity index (χ2v) is 5.26. The molecule has 2 heterocycles. The number of hydrogen-bond acceptors (Lipinski definition) is 5. The Kier molecular flexibility index (Phi) is 3.61. The Hall–Kier alpha value is -2.35. The van der Waals surface area contributed by atoms with Crippen molar-refractivity contribution in [3.63, 3.8) is 0 Å². The summed E-state index contributed by atoms with van der Waals surface area (Å²) in [4.78, 5) is 28.1. The quantitative estimate of drug-likeness (QED) is 0.836. The summed E-state index contributed by atoms with van der Waals surface area (Å²) in [5, 5.41) is 10.2. The minimum absolute atomic E-state index is 0.0188. The Labute approximate surface area is 125 Å². The lowest BCUT2D eigenvalue weighted by Gasteiger charge is -2.09. The molecule has 0 saturated heterocycles. The topological polar surface area (TPSA) is 88.9 Å². The van der Waals surface area contributed by atoms with E-state index < -0.39 is 6.04 Å². The summed E-state index contributed by atoms with van der Waals surface area (Å²) in [6, 6.07) is 8.46. The number of nitrogens with one attached hydrogen (secondary N) is 2. The molecule has 1 aromatic heterocycles. The Morgan fingerprint density at radius 2 is 2.19 bits per heavy atom. The molecule has 8 heteroatoms. The highest BCUT2D eigenvalue weighted by Crippen LogP contribution is 2.27. The van der Waals surface area contributed by atoms with Gasteiger partial charge in [-0.3, -0.25) is 14.9 Å². The zero-order valence-electron chi connectivity index (χ0n) is 11.2. The summed E-state index contributed by atoms with van der Waals surface area (Å²) < 4.78 is 1.47. The van der Waals surface area contributed by atoms with Crippen LogP contribution in [0, 0.1) is 0 Å². The molecule has 2 aromatic rings. The van der Waals surface area contributed by atoms with E-state index in [2.05, 4.69) is 20.7 Å². The third-order valence-corrected chi connectivity index (χ3v) is 3.60. The molecule has 0 saturated carbocycles. The first-order chi connectivity index (χ1) is 10.2. The molecule has 0 aliphatic carbocycles. The van der Waals surface area contributed by atoms with Gasteiger partial charge in [0.25, 0.3) is 5.91 Å². The third kappa shape index (κ3) is 2.75. The molecule has 1 atom stereocenters. The number of aromatic nitrogens is 3. The van der Waals surface area contributed by atoms with Gasteiger partial charge in [-0.2, -0.15) is 4.98 Å². The molecule has 2 amide bonds. The van der Waals surface area contributed by atoms with Crippen molar-refractivity contribution >= 4 is 35.2 Å². The third-order valence-electron chi connectivity index (χ3n) is 3.06. The van der Waals surface area contributed by atoms with Gasteiger partial charge in [0, 0.05) is 5.69 Å². The summed E-state index contributed by atoms with van der Waals surface area (Å²) in [6.45, 7) is 0. The van der Waals surface area contributed by atoms with E-state index >= 15 is 0 Å². The molecule has 0 fully saturated rings. The number of para-hydroxylation sites is 1. The molecule has 0 bridgehead atoms. The minimum atomic E-state index is -0.655. The first kappa shape index (κ1) is 13.6. The highest BCUT2D eigenvalue weighted by molar-refractivity contribution is 7.98. The van der Waals surface area contributed by atoms with Gasteiger partial charge in [0.1, 0.15) is 6.04 Å². The van der Waals surface area contributed by atoms with Crippen molar-refractivity contribution in [1.29, 1.82) is 0 Å². The van der Waals surface area contributed by atoms with Crippen LogP contribution >= 0.6 is 11.8 Å². The number of benzene rings is 1. The van der Waals surface area contributed by atoms with Gasteiger partial charge in [0.2, 0.25) is 17.0 Å². The fraction of sp³-hybridized carbons (Fsp3) is 0.231. The molecule has 21 heavy (non-hydrogen) atoms. The van der Waals surface area contributed by atoms with Crippen molar-refractivity contribution in [3.8, 4) is 0 Å². The van der Waals surface area contributed by atoms with Crippen LogP contribution in [0.5, 0.6) is 0 Å². The van der Waals surface area contributed by atoms with Crippen LogP contribution in [0.4, 0.5) is 11.6 Å². The maximum absolute atomic E-state index is 12.0. The zero-order chi connectivity index (χ0) is 14.8. The fourth-order valence-corrected chi connectivity index (χ4v) is 2.43. The minimum Gasteiger partial charge on any atom is -0.326 e. The molecular weight excluding hydrogens is 290 g/mol. The highest BCUT2D eigenvalue weighted by atomic mass is 32.2. The van der Waals surface area contributed by atoms with Gasteiger partial charge < -0.3 is 5.32 Å². The zero-order valence-corrected chi connectivity index (χ0v) is 12.1. The number of anilines is 2. The van der Waals surface area contributed by atoms with Crippen molar-refractivity contribution < 1.29 is 9.59 Å². The number of amides is 2. The standard InChI is InChI=1S/C13H13N5O2S/c1-21-13-16-12-15-11(20)9(18(12)17-13)7-10(19)14-8-5-3-2-4-6-8/h2-6,9H,7H2,1H3,(H,14,19)(H,15,16,17,20). The van der Waals surface area contributed by atoms with Crippen molar-refractivity contribution in [1.82, 2.24) is 14.8 Å². The highest BCUT2D eigenvalue weighted by Gasteiger charge is 2.34. The van der Waals surface area contributed by atoms with E-state index in [9.17, 15) is 9.59 Å². The predicted molar refractivity (Wildman–Crippen MR) is 79.2 cm³/mol. The summed E-state index contributed by atoms with van der Waals surface area (Å²) in [7, 11) is 0. The van der Waals surface area contributed by atoms with Crippen LogP contribution in [0.2, 0.25) is 0 Å². The summed E-state index contributed by atoms with van der Waals surface area (Å²) >= 11 is 1.38. The molecule has 0 spiro atoms. The van der Waals surface area contributed by atoms with Crippen LogP contribution in [0.15, 0.2) is 35.5 Å². The van der Waals surface area contributed by atoms with Crippen LogP contribution < -0.4 is 10.6 Å². The first-order valence-electron chi connectivity index (χ1n) is 6.33. The van der Waals surface area contributed by atoms with E-state index in [1.54, 1.807) is 12.1 Å². The lowest BCUT2D eigenvalue weighted by molar-refractivity contribution is -0.123. The lowest BCUT2D eigenvalue weighted by Crippen LogP contribution is -2.23. The van der Waals surface area contributed by atoms with E-state index in [4.69, 9.17) is 0 Å². The average Bonchev–Trinajstić information content (AvgIpc) is 2.99. The van der Waals surface area contributed by atoms with Crippen LogP contribution in [0.1, 0.15) is 12.5 Å². The van der Waals surface area contributed by atoms with Gasteiger partial charge >= 0.3 is 0 Å². The van der Waals surface area contributed by atoms with Gasteiger partial charge in [-0.1, -0.05) is 30.0 Å². The van der Waals surface area contributed by atoms with Crippen molar-refractivity contribution in [2.24, 2.45) is 0 Å². The largest absolute Gasteiger partial charge is 0.326 e.